The Balaban J connectivity index is 1.49. The second-order valence-electron chi connectivity index (χ2n) is 5.88. The SMILES string of the molecule is COc1ccc(C(=O)NCCNc2cc(Nc3ccccn3)ncn2)cc1OC. The van der Waals surface area contributed by atoms with Crippen molar-refractivity contribution in [3.05, 3.63) is 60.6 Å². The summed E-state index contributed by atoms with van der Waals surface area (Å²) in [5, 5.41) is 9.09. The van der Waals surface area contributed by atoms with Crippen molar-refractivity contribution >= 4 is 23.4 Å². The van der Waals surface area contributed by atoms with Gasteiger partial charge < -0.3 is 25.4 Å². The lowest BCUT2D eigenvalue weighted by molar-refractivity contribution is 0.0954. The molecule has 9 heteroatoms. The van der Waals surface area contributed by atoms with Gasteiger partial charge in [0.25, 0.3) is 5.91 Å². The normalized spacial score (nSPS) is 10.1. The van der Waals surface area contributed by atoms with Gasteiger partial charge in [-0.2, -0.15) is 0 Å². The molecule has 0 spiro atoms. The van der Waals surface area contributed by atoms with Crippen LogP contribution in [0, 0.1) is 0 Å². The van der Waals surface area contributed by atoms with Gasteiger partial charge in [0.1, 0.15) is 23.8 Å². The molecular formula is C20H22N6O3. The molecule has 2 aromatic heterocycles. The number of nitrogens with one attached hydrogen (secondary N) is 3. The van der Waals surface area contributed by atoms with E-state index in [1.165, 1.54) is 13.4 Å². The van der Waals surface area contributed by atoms with Crippen LogP contribution in [0.15, 0.2) is 55.0 Å². The molecule has 0 atom stereocenters. The van der Waals surface area contributed by atoms with Crippen LogP contribution in [0.1, 0.15) is 10.4 Å². The van der Waals surface area contributed by atoms with Crippen LogP contribution in [0.5, 0.6) is 11.5 Å². The zero-order valence-electron chi connectivity index (χ0n) is 16.2. The highest BCUT2D eigenvalue weighted by molar-refractivity contribution is 5.94. The van der Waals surface area contributed by atoms with Crippen molar-refractivity contribution < 1.29 is 14.3 Å². The third-order valence-corrected chi connectivity index (χ3v) is 3.95. The largest absolute Gasteiger partial charge is 0.493 e. The molecule has 29 heavy (non-hydrogen) atoms. The lowest BCUT2D eigenvalue weighted by Crippen LogP contribution is -2.28. The van der Waals surface area contributed by atoms with Gasteiger partial charge >= 0.3 is 0 Å². The van der Waals surface area contributed by atoms with Gasteiger partial charge in [0.2, 0.25) is 0 Å². The van der Waals surface area contributed by atoms with Crippen LogP contribution in [0.3, 0.4) is 0 Å². The number of hydrogen-bond acceptors (Lipinski definition) is 8. The Kier molecular flexibility index (Phi) is 6.77. The number of amides is 1. The maximum atomic E-state index is 12.3. The first-order chi connectivity index (χ1) is 14.2. The summed E-state index contributed by atoms with van der Waals surface area (Å²) >= 11 is 0. The van der Waals surface area contributed by atoms with E-state index in [1.54, 1.807) is 37.6 Å². The molecular weight excluding hydrogens is 372 g/mol. The van der Waals surface area contributed by atoms with Gasteiger partial charge in [0, 0.05) is 30.9 Å². The van der Waals surface area contributed by atoms with Crippen LogP contribution in [-0.2, 0) is 0 Å². The standard InChI is InChI=1S/C20H22N6O3/c1-28-15-7-6-14(11-16(15)29-2)20(27)23-10-9-22-18-12-19(25-13-24-18)26-17-5-3-4-8-21-17/h3-8,11-13H,9-10H2,1-2H3,(H,23,27)(H2,21,22,24,25,26). The monoisotopic (exact) mass is 394 g/mol. The van der Waals surface area contributed by atoms with Crippen LogP contribution in [0.2, 0.25) is 0 Å². The zero-order valence-corrected chi connectivity index (χ0v) is 16.2. The molecule has 0 aliphatic rings. The van der Waals surface area contributed by atoms with Crippen molar-refractivity contribution in [2.45, 2.75) is 0 Å². The van der Waals surface area contributed by atoms with E-state index in [4.69, 9.17) is 9.47 Å². The van der Waals surface area contributed by atoms with Crippen LogP contribution < -0.4 is 25.4 Å². The first-order valence-electron chi connectivity index (χ1n) is 8.94. The Labute approximate surface area is 168 Å². The average molecular weight is 394 g/mol. The quantitative estimate of drug-likeness (QED) is 0.475. The third-order valence-electron chi connectivity index (χ3n) is 3.95. The van der Waals surface area contributed by atoms with Crippen molar-refractivity contribution in [2.75, 3.05) is 37.9 Å². The fraction of sp³-hybridized carbons (Fsp3) is 0.200. The number of benzene rings is 1. The summed E-state index contributed by atoms with van der Waals surface area (Å²) in [6, 6.07) is 12.4. The highest BCUT2D eigenvalue weighted by Crippen LogP contribution is 2.27. The van der Waals surface area contributed by atoms with E-state index < -0.39 is 0 Å². The predicted octanol–water partition coefficient (Wildman–Crippen LogP) is 2.47. The van der Waals surface area contributed by atoms with Gasteiger partial charge in [-0.1, -0.05) is 6.07 Å². The summed E-state index contributed by atoms with van der Waals surface area (Å²) in [6.45, 7) is 0.916. The fourth-order valence-corrected chi connectivity index (χ4v) is 2.54. The molecule has 3 aromatic rings. The number of methoxy groups -OCH3 is 2. The number of nitrogens with zero attached hydrogens (tertiary/aromatic N) is 3. The Hall–Kier alpha value is -3.88. The van der Waals surface area contributed by atoms with Gasteiger partial charge in [-0.3, -0.25) is 4.79 Å². The summed E-state index contributed by atoms with van der Waals surface area (Å²) in [5.41, 5.74) is 0.492. The molecule has 1 amide bonds. The number of aromatic nitrogens is 3. The Morgan fingerprint density at radius 2 is 1.72 bits per heavy atom. The van der Waals surface area contributed by atoms with Crippen molar-refractivity contribution in [1.82, 2.24) is 20.3 Å². The molecule has 0 saturated heterocycles. The second-order valence-corrected chi connectivity index (χ2v) is 5.88. The number of pyridine rings is 1. The lowest BCUT2D eigenvalue weighted by atomic mass is 10.2. The van der Waals surface area contributed by atoms with E-state index in [0.717, 1.165) is 0 Å². The number of carbonyl (C=O) groups excluding carboxylic acids is 1. The van der Waals surface area contributed by atoms with Crippen molar-refractivity contribution in [3.63, 3.8) is 0 Å². The zero-order chi connectivity index (χ0) is 20.5. The molecule has 0 aliphatic heterocycles. The molecule has 0 radical (unpaired) electrons. The molecule has 0 saturated carbocycles. The van der Waals surface area contributed by atoms with Gasteiger partial charge in [-0.05, 0) is 30.3 Å². The van der Waals surface area contributed by atoms with E-state index >= 15 is 0 Å². The minimum Gasteiger partial charge on any atom is -0.493 e. The van der Waals surface area contributed by atoms with Crippen LogP contribution >= 0.6 is 0 Å². The maximum Gasteiger partial charge on any atom is 0.251 e. The van der Waals surface area contributed by atoms with Crippen molar-refractivity contribution in [1.29, 1.82) is 0 Å². The van der Waals surface area contributed by atoms with Gasteiger partial charge in [-0.15, -0.1) is 0 Å². The van der Waals surface area contributed by atoms with E-state index in [2.05, 4.69) is 30.9 Å². The second kappa shape index (κ2) is 9.88. The molecule has 3 rings (SSSR count). The Bertz CT molecular complexity index is 952. The van der Waals surface area contributed by atoms with Crippen LogP contribution in [0.25, 0.3) is 0 Å². The molecule has 0 fully saturated rings. The molecule has 9 nitrogen and oxygen atoms in total. The van der Waals surface area contributed by atoms with Gasteiger partial charge in [0.05, 0.1) is 14.2 Å². The highest BCUT2D eigenvalue weighted by atomic mass is 16.5. The molecule has 1 aromatic carbocycles. The Morgan fingerprint density at radius 3 is 2.48 bits per heavy atom. The average Bonchev–Trinajstić information content (AvgIpc) is 2.77. The van der Waals surface area contributed by atoms with Crippen molar-refractivity contribution in [2.24, 2.45) is 0 Å². The first kappa shape index (κ1) is 19.9. The molecule has 0 aliphatic carbocycles. The number of hydrogen-bond donors (Lipinski definition) is 3. The minimum atomic E-state index is -0.201. The summed E-state index contributed by atoms with van der Waals surface area (Å²) in [5.74, 6) is 2.83. The predicted molar refractivity (Wildman–Crippen MR) is 110 cm³/mol. The minimum absolute atomic E-state index is 0.201. The summed E-state index contributed by atoms with van der Waals surface area (Å²) in [4.78, 5) is 24.8. The van der Waals surface area contributed by atoms with Crippen LogP contribution in [0.4, 0.5) is 17.5 Å². The molecule has 150 valence electrons. The molecule has 0 unspecified atom stereocenters. The van der Waals surface area contributed by atoms with Crippen LogP contribution in [-0.4, -0.2) is 48.2 Å². The number of ether oxygens (including phenoxy) is 2. The summed E-state index contributed by atoms with van der Waals surface area (Å²) in [6.07, 6.45) is 3.15. The molecule has 2 heterocycles. The van der Waals surface area contributed by atoms with Crippen molar-refractivity contribution in [3.8, 4) is 11.5 Å². The highest BCUT2D eigenvalue weighted by Gasteiger charge is 2.10. The smallest absolute Gasteiger partial charge is 0.251 e. The maximum absolute atomic E-state index is 12.3. The summed E-state index contributed by atoms with van der Waals surface area (Å²) < 4.78 is 10.4. The summed E-state index contributed by atoms with van der Waals surface area (Å²) in [7, 11) is 3.08. The number of carbonyl (C=O) groups is 1. The van der Waals surface area contributed by atoms with Gasteiger partial charge in [-0.25, -0.2) is 15.0 Å². The number of rotatable bonds is 9. The van der Waals surface area contributed by atoms with E-state index in [-0.39, 0.29) is 5.91 Å². The van der Waals surface area contributed by atoms with E-state index in [9.17, 15) is 4.79 Å². The van der Waals surface area contributed by atoms with E-state index in [0.29, 0.717) is 47.6 Å². The third kappa shape index (κ3) is 5.55. The lowest BCUT2D eigenvalue weighted by Gasteiger charge is -2.11. The van der Waals surface area contributed by atoms with Gasteiger partial charge in [0.15, 0.2) is 11.5 Å². The number of anilines is 3. The first-order valence-corrected chi connectivity index (χ1v) is 8.94. The molecule has 3 N–H and O–H groups in total. The van der Waals surface area contributed by atoms with E-state index in [1.807, 2.05) is 18.2 Å². The fourth-order valence-electron chi connectivity index (χ4n) is 2.54. The molecule has 0 bridgehead atoms. The topological polar surface area (TPSA) is 110 Å². The Morgan fingerprint density at radius 1 is 0.897 bits per heavy atom.